The Balaban J connectivity index is 0.000000236. The van der Waals surface area contributed by atoms with Crippen molar-refractivity contribution in [3.8, 4) is 22.3 Å². The van der Waals surface area contributed by atoms with Crippen molar-refractivity contribution in [2.24, 2.45) is 5.73 Å². The van der Waals surface area contributed by atoms with Crippen LogP contribution in [0.15, 0.2) is 195 Å². The van der Waals surface area contributed by atoms with E-state index >= 15 is 0 Å². The van der Waals surface area contributed by atoms with E-state index in [9.17, 15) is 0 Å². The number of aryl methyl sites for hydroxylation is 4. The second-order valence-electron chi connectivity index (χ2n) is 17.8. The summed E-state index contributed by atoms with van der Waals surface area (Å²) >= 11 is 0. The molecule has 0 saturated carbocycles. The van der Waals surface area contributed by atoms with Gasteiger partial charge in [-0.25, -0.2) is 0 Å². The van der Waals surface area contributed by atoms with Gasteiger partial charge in [-0.1, -0.05) is 241 Å². The van der Waals surface area contributed by atoms with Crippen LogP contribution in [0.1, 0.15) is 136 Å². The minimum atomic E-state index is 0.0406. The maximum Gasteiger partial charge on any atom is 0.0178 e. The first-order valence-electron chi connectivity index (χ1n) is 24.4. The van der Waals surface area contributed by atoms with Crippen LogP contribution < -0.4 is 5.73 Å². The highest BCUT2D eigenvalue weighted by atomic mass is 14.5. The second kappa shape index (κ2) is 27.3. The number of rotatable bonds is 7. The number of nitrogens with two attached hydrogens (primary N) is 1. The SMILES string of the molecule is C/C=C\C(C)=C/C.C=C/C(C)=C1\C(=C)c2ccccc2C1CC.C=Cc1c(C)cc2c(c1C=C)-c1ccc(C)cc1C2(C)C.CC.Cc1cc(CN)cc(-c2ccccc2)c1.Cc1ccccc1. The lowest BCUT2D eigenvalue weighted by Gasteiger charge is -2.23. The average Bonchev–Trinajstić information content (AvgIpc) is 3.77. The van der Waals surface area contributed by atoms with Crippen molar-refractivity contribution in [3.63, 3.8) is 0 Å². The summed E-state index contributed by atoms with van der Waals surface area (Å²) in [4.78, 5) is 0. The molecule has 0 aromatic heterocycles. The second-order valence-corrected chi connectivity index (χ2v) is 17.8. The van der Waals surface area contributed by atoms with Crippen molar-refractivity contribution in [3.05, 3.63) is 256 Å². The van der Waals surface area contributed by atoms with Gasteiger partial charge in [0.15, 0.2) is 0 Å². The maximum absolute atomic E-state index is 5.67. The third-order valence-corrected chi connectivity index (χ3v) is 12.6. The van der Waals surface area contributed by atoms with Crippen LogP contribution in [0.2, 0.25) is 0 Å². The van der Waals surface area contributed by atoms with Crippen LogP contribution >= 0.6 is 0 Å². The molecule has 2 aliphatic carbocycles. The van der Waals surface area contributed by atoms with Gasteiger partial charge in [-0.3, -0.25) is 0 Å². The Bertz CT molecular complexity index is 2710. The summed E-state index contributed by atoms with van der Waals surface area (Å²) in [6, 6.07) is 44.8. The Morgan fingerprint density at radius 2 is 1.25 bits per heavy atom. The zero-order chi connectivity index (χ0) is 50.6. The molecule has 8 rings (SSSR count). The van der Waals surface area contributed by atoms with Crippen LogP contribution in [0.5, 0.6) is 0 Å². The molecule has 0 saturated heterocycles. The van der Waals surface area contributed by atoms with E-state index in [0.717, 1.165) is 6.42 Å². The van der Waals surface area contributed by atoms with E-state index < -0.39 is 0 Å². The fourth-order valence-electron chi connectivity index (χ4n) is 8.97. The van der Waals surface area contributed by atoms with Gasteiger partial charge in [0.05, 0.1) is 0 Å². The van der Waals surface area contributed by atoms with Gasteiger partial charge in [-0.2, -0.15) is 0 Å². The fourth-order valence-corrected chi connectivity index (χ4v) is 8.97. The molecule has 1 nitrogen and oxygen atoms in total. The van der Waals surface area contributed by atoms with Gasteiger partial charge in [0.25, 0.3) is 0 Å². The summed E-state index contributed by atoms with van der Waals surface area (Å²) in [5.41, 5.74) is 30.4. The van der Waals surface area contributed by atoms with Crippen LogP contribution in [0.25, 0.3) is 40.0 Å². The lowest BCUT2D eigenvalue weighted by atomic mass is 9.80. The Hall–Kier alpha value is -6.54. The molecule has 0 bridgehead atoms. The van der Waals surface area contributed by atoms with Crippen molar-refractivity contribution in [2.45, 2.75) is 114 Å². The number of hydrogen-bond acceptors (Lipinski definition) is 1. The summed E-state index contributed by atoms with van der Waals surface area (Å²) in [6.45, 7) is 44.4. The van der Waals surface area contributed by atoms with E-state index in [1.54, 1.807) is 0 Å². The summed E-state index contributed by atoms with van der Waals surface area (Å²) < 4.78 is 0. The van der Waals surface area contributed by atoms with Gasteiger partial charge in [0.1, 0.15) is 0 Å². The van der Waals surface area contributed by atoms with Gasteiger partial charge in [-0.05, 0) is 151 Å². The molecular weight excluding hydrogens is 819 g/mol. The van der Waals surface area contributed by atoms with Gasteiger partial charge in [0, 0.05) is 17.9 Å². The molecule has 1 unspecified atom stereocenters. The van der Waals surface area contributed by atoms with E-state index in [1.165, 1.54) is 106 Å². The summed E-state index contributed by atoms with van der Waals surface area (Å²) in [7, 11) is 0. The van der Waals surface area contributed by atoms with Gasteiger partial charge >= 0.3 is 0 Å². The third kappa shape index (κ3) is 14.0. The molecule has 0 radical (unpaired) electrons. The molecule has 6 aromatic rings. The van der Waals surface area contributed by atoms with Gasteiger partial charge in [0.2, 0.25) is 0 Å². The van der Waals surface area contributed by atoms with Crippen LogP contribution in [0, 0.1) is 27.7 Å². The molecule has 6 aromatic carbocycles. The zero-order valence-electron chi connectivity index (χ0n) is 44.0. The minimum absolute atomic E-state index is 0.0406. The average molecular weight is 900 g/mol. The topological polar surface area (TPSA) is 26.0 Å². The highest BCUT2D eigenvalue weighted by Gasteiger charge is 2.37. The van der Waals surface area contributed by atoms with Crippen LogP contribution in [0.4, 0.5) is 0 Å². The molecule has 354 valence electrons. The predicted molar refractivity (Wildman–Crippen MR) is 306 cm³/mol. The minimum Gasteiger partial charge on any atom is -0.326 e. The standard InChI is InChI=1S/C21H22.C16H18.C14H15N.C7H8.C7H12.C2H6/c1-7-15-14(4)12-19-20(16(15)8-2)17-10-9-13(3)11-18(17)21(19,5)6;1-5-11(3)16-12(4)14-9-7-8-10-15(14)13(16)6-2;1-11-7-12(10-15)9-14(8-11)13-5-3-2-4-6-13;1-7-5-3-2-4-6-7;1-4-6-7(3)5-2;1-2/h7-12H,1-2H2,3-6H3;5,7-10,13H,1,4,6H2,2-3H3;2-9H,10,15H2,1H3;2-6H,1H3;4-6H,1-3H3;1-2H3/b;16-11+;;;6-4-,7-5-;. The van der Waals surface area contributed by atoms with Crippen LogP contribution in [-0.4, -0.2) is 0 Å². The molecule has 2 aliphatic rings. The van der Waals surface area contributed by atoms with Crippen molar-refractivity contribution < 1.29 is 0 Å². The number of benzene rings is 6. The normalized spacial score (nSPS) is 14.2. The van der Waals surface area contributed by atoms with E-state index in [0.29, 0.717) is 12.5 Å². The fraction of sp³-hybridized carbons (Fsp3) is 0.254. The van der Waals surface area contributed by atoms with E-state index in [-0.39, 0.29) is 5.41 Å². The first kappa shape index (κ1) is 55.8. The molecule has 0 fully saturated rings. The zero-order valence-corrected chi connectivity index (χ0v) is 44.0. The van der Waals surface area contributed by atoms with Crippen LogP contribution in [0.3, 0.4) is 0 Å². The monoisotopic (exact) mass is 900 g/mol. The Kier molecular flexibility index (Phi) is 22.4. The van der Waals surface area contributed by atoms with E-state index in [1.807, 2.05) is 76.3 Å². The first-order valence-corrected chi connectivity index (χ1v) is 24.4. The molecule has 1 atom stereocenters. The number of allylic oxidation sites excluding steroid dienone is 8. The first-order chi connectivity index (χ1) is 32.6. The molecule has 2 N–H and O–H groups in total. The Labute approximate surface area is 414 Å². The van der Waals surface area contributed by atoms with E-state index in [4.69, 9.17) is 5.73 Å². The largest absolute Gasteiger partial charge is 0.326 e. The van der Waals surface area contributed by atoms with Crippen molar-refractivity contribution >= 4 is 17.7 Å². The molecular formula is C67H81N. The maximum atomic E-state index is 5.67. The Morgan fingerprint density at radius 1 is 0.647 bits per heavy atom. The summed E-state index contributed by atoms with van der Waals surface area (Å²) in [5.74, 6) is 0.502. The highest BCUT2D eigenvalue weighted by molar-refractivity contribution is 5.91. The Morgan fingerprint density at radius 3 is 1.76 bits per heavy atom. The molecule has 68 heavy (non-hydrogen) atoms. The summed E-state index contributed by atoms with van der Waals surface area (Å²) in [5, 5.41) is 0. The van der Waals surface area contributed by atoms with Crippen molar-refractivity contribution in [1.82, 2.24) is 0 Å². The van der Waals surface area contributed by atoms with Crippen LogP contribution in [-0.2, 0) is 12.0 Å². The smallest absolute Gasteiger partial charge is 0.0178 e. The summed E-state index contributed by atoms with van der Waals surface area (Å²) in [6.07, 6.45) is 13.2. The predicted octanol–water partition coefficient (Wildman–Crippen LogP) is 19.3. The number of hydrogen-bond donors (Lipinski definition) is 1. The van der Waals surface area contributed by atoms with Gasteiger partial charge in [-0.15, -0.1) is 0 Å². The van der Waals surface area contributed by atoms with Crippen molar-refractivity contribution in [2.75, 3.05) is 0 Å². The third-order valence-electron chi connectivity index (χ3n) is 12.6. The number of fused-ring (bicyclic) bond motifs is 4. The van der Waals surface area contributed by atoms with Crippen molar-refractivity contribution in [1.29, 1.82) is 0 Å². The molecule has 0 amide bonds. The highest BCUT2D eigenvalue weighted by Crippen LogP contribution is 2.52. The quantitative estimate of drug-likeness (QED) is 0.159. The van der Waals surface area contributed by atoms with E-state index in [2.05, 4.69) is 204 Å². The molecule has 0 spiro atoms. The molecule has 1 heteroatoms. The lowest BCUT2D eigenvalue weighted by molar-refractivity contribution is 0.659. The molecule has 0 heterocycles. The van der Waals surface area contributed by atoms with Gasteiger partial charge < -0.3 is 5.73 Å². The lowest BCUT2D eigenvalue weighted by Crippen LogP contribution is -2.15. The molecule has 0 aliphatic heterocycles.